The van der Waals surface area contributed by atoms with Crippen molar-refractivity contribution < 1.29 is 19.7 Å². The molecule has 0 radical (unpaired) electrons. The van der Waals surface area contributed by atoms with Gasteiger partial charge < -0.3 is 19.7 Å². The largest absolute Gasteiger partial charge is 0.508 e. The summed E-state index contributed by atoms with van der Waals surface area (Å²) < 4.78 is 10.5. The van der Waals surface area contributed by atoms with E-state index in [1.54, 1.807) is 38.5 Å². The molecule has 0 aliphatic rings. The van der Waals surface area contributed by atoms with Gasteiger partial charge in [0.1, 0.15) is 23.0 Å². The van der Waals surface area contributed by atoms with E-state index in [9.17, 15) is 10.2 Å². The first kappa shape index (κ1) is 16.0. The summed E-state index contributed by atoms with van der Waals surface area (Å²) in [4.78, 5) is 0. The number of ether oxygens (including phenoxy) is 2. The fraction of sp³-hybridized carbons (Fsp3) is 0.333. The fourth-order valence-corrected chi connectivity index (χ4v) is 2.64. The Kier molecular flexibility index (Phi) is 5.15. The first-order chi connectivity index (χ1) is 10.6. The molecule has 4 nitrogen and oxygen atoms in total. The SMILES string of the molecule is CCCC(c1cc(OC)ccc1O)c1cc(OC)ccc1O. The molecule has 0 saturated carbocycles. The summed E-state index contributed by atoms with van der Waals surface area (Å²) in [6.45, 7) is 2.07. The summed E-state index contributed by atoms with van der Waals surface area (Å²) in [7, 11) is 3.18. The second-order valence-electron chi connectivity index (χ2n) is 5.19. The van der Waals surface area contributed by atoms with Gasteiger partial charge in [-0.05, 0) is 42.8 Å². The van der Waals surface area contributed by atoms with Gasteiger partial charge >= 0.3 is 0 Å². The highest BCUT2D eigenvalue weighted by molar-refractivity contribution is 5.50. The van der Waals surface area contributed by atoms with Gasteiger partial charge in [-0.1, -0.05) is 13.3 Å². The number of aromatic hydroxyl groups is 2. The van der Waals surface area contributed by atoms with Crippen molar-refractivity contribution in [3.8, 4) is 23.0 Å². The van der Waals surface area contributed by atoms with Crippen LogP contribution in [0.2, 0.25) is 0 Å². The van der Waals surface area contributed by atoms with Gasteiger partial charge in [-0.2, -0.15) is 0 Å². The first-order valence-electron chi connectivity index (χ1n) is 7.34. The fourth-order valence-electron chi connectivity index (χ4n) is 2.64. The number of phenols is 2. The van der Waals surface area contributed by atoms with E-state index in [1.165, 1.54) is 0 Å². The Morgan fingerprint density at radius 2 is 1.32 bits per heavy atom. The van der Waals surface area contributed by atoms with E-state index < -0.39 is 0 Å². The molecular weight excluding hydrogens is 280 g/mol. The smallest absolute Gasteiger partial charge is 0.119 e. The van der Waals surface area contributed by atoms with E-state index in [2.05, 4.69) is 6.92 Å². The Labute approximate surface area is 130 Å². The summed E-state index contributed by atoms with van der Waals surface area (Å²) >= 11 is 0. The maximum atomic E-state index is 10.2. The number of methoxy groups -OCH3 is 2. The van der Waals surface area contributed by atoms with Crippen LogP contribution in [0.25, 0.3) is 0 Å². The van der Waals surface area contributed by atoms with Crippen LogP contribution in [0.15, 0.2) is 36.4 Å². The molecule has 0 aromatic heterocycles. The lowest BCUT2D eigenvalue weighted by Crippen LogP contribution is -2.03. The van der Waals surface area contributed by atoms with Crippen LogP contribution in [-0.2, 0) is 0 Å². The average Bonchev–Trinajstić information content (AvgIpc) is 2.54. The van der Waals surface area contributed by atoms with Crippen LogP contribution in [0.4, 0.5) is 0 Å². The zero-order valence-corrected chi connectivity index (χ0v) is 13.2. The Balaban J connectivity index is 2.55. The van der Waals surface area contributed by atoms with Gasteiger partial charge in [-0.3, -0.25) is 0 Å². The molecule has 0 aliphatic heterocycles. The maximum absolute atomic E-state index is 10.2. The Morgan fingerprint density at radius 3 is 1.68 bits per heavy atom. The molecule has 0 spiro atoms. The first-order valence-corrected chi connectivity index (χ1v) is 7.34. The summed E-state index contributed by atoms with van der Waals surface area (Å²) in [5.74, 6) is 1.62. The summed E-state index contributed by atoms with van der Waals surface area (Å²) in [6.07, 6.45) is 1.71. The Bertz CT molecular complexity index is 583. The molecule has 0 saturated heterocycles. The van der Waals surface area contributed by atoms with Gasteiger partial charge in [0, 0.05) is 17.0 Å². The molecule has 0 heterocycles. The van der Waals surface area contributed by atoms with E-state index in [-0.39, 0.29) is 17.4 Å². The van der Waals surface area contributed by atoms with Crippen LogP contribution >= 0.6 is 0 Å². The number of benzene rings is 2. The van der Waals surface area contributed by atoms with Crippen LogP contribution in [0, 0.1) is 0 Å². The topological polar surface area (TPSA) is 58.9 Å². The number of phenolic OH excluding ortho intramolecular Hbond substituents is 2. The highest BCUT2D eigenvalue weighted by Gasteiger charge is 2.21. The maximum Gasteiger partial charge on any atom is 0.119 e. The zero-order valence-electron chi connectivity index (χ0n) is 13.2. The van der Waals surface area contributed by atoms with Crippen molar-refractivity contribution >= 4 is 0 Å². The normalized spacial score (nSPS) is 10.7. The molecule has 0 unspecified atom stereocenters. The van der Waals surface area contributed by atoms with Crippen LogP contribution in [0.5, 0.6) is 23.0 Å². The van der Waals surface area contributed by atoms with E-state index in [4.69, 9.17) is 9.47 Å². The third kappa shape index (κ3) is 3.27. The zero-order chi connectivity index (χ0) is 16.1. The van der Waals surface area contributed by atoms with Crippen LogP contribution in [0.3, 0.4) is 0 Å². The third-order valence-electron chi connectivity index (χ3n) is 3.80. The van der Waals surface area contributed by atoms with Gasteiger partial charge in [-0.15, -0.1) is 0 Å². The van der Waals surface area contributed by atoms with Gasteiger partial charge in [-0.25, -0.2) is 0 Å². The molecule has 2 N–H and O–H groups in total. The van der Waals surface area contributed by atoms with Crippen molar-refractivity contribution in [2.75, 3.05) is 14.2 Å². The van der Waals surface area contributed by atoms with Crippen LogP contribution < -0.4 is 9.47 Å². The lowest BCUT2D eigenvalue weighted by atomic mass is 9.86. The monoisotopic (exact) mass is 302 g/mol. The lowest BCUT2D eigenvalue weighted by Gasteiger charge is -2.21. The summed E-state index contributed by atoms with van der Waals surface area (Å²) in [5, 5.41) is 20.5. The lowest BCUT2D eigenvalue weighted by molar-refractivity contribution is 0.406. The summed E-state index contributed by atoms with van der Waals surface area (Å²) in [5.41, 5.74) is 1.48. The second kappa shape index (κ2) is 7.07. The van der Waals surface area contributed by atoms with Crippen molar-refractivity contribution in [2.24, 2.45) is 0 Å². The third-order valence-corrected chi connectivity index (χ3v) is 3.80. The minimum Gasteiger partial charge on any atom is -0.508 e. The molecule has 2 aromatic carbocycles. The van der Waals surface area contributed by atoms with E-state index in [1.807, 2.05) is 12.1 Å². The van der Waals surface area contributed by atoms with Gasteiger partial charge in [0.05, 0.1) is 14.2 Å². The number of hydrogen-bond acceptors (Lipinski definition) is 4. The molecule has 2 aromatic rings. The molecule has 0 atom stereocenters. The van der Waals surface area contributed by atoms with Crippen molar-refractivity contribution in [1.82, 2.24) is 0 Å². The second-order valence-corrected chi connectivity index (χ2v) is 5.19. The van der Waals surface area contributed by atoms with E-state index >= 15 is 0 Å². The highest BCUT2D eigenvalue weighted by atomic mass is 16.5. The van der Waals surface area contributed by atoms with Crippen molar-refractivity contribution in [3.05, 3.63) is 47.5 Å². The Hall–Kier alpha value is -2.36. The van der Waals surface area contributed by atoms with E-state index in [0.717, 1.165) is 24.0 Å². The molecule has 118 valence electrons. The summed E-state index contributed by atoms with van der Waals surface area (Å²) in [6, 6.07) is 10.3. The molecule has 0 amide bonds. The minimum atomic E-state index is -0.129. The average molecular weight is 302 g/mol. The Morgan fingerprint density at radius 1 is 0.864 bits per heavy atom. The predicted octanol–water partition coefficient (Wildman–Crippen LogP) is 4.05. The molecule has 0 aliphatic carbocycles. The standard InChI is InChI=1S/C18H22O4/c1-4-5-14(15-10-12(21-2)6-8-17(15)19)16-11-13(22-3)7-9-18(16)20/h6-11,14,19-20H,4-5H2,1-3H3. The molecule has 22 heavy (non-hydrogen) atoms. The molecule has 2 rings (SSSR count). The quantitative estimate of drug-likeness (QED) is 0.845. The molecular formula is C18H22O4. The molecule has 0 bridgehead atoms. The molecule has 4 heteroatoms. The molecule has 0 fully saturated rings. The van der Waals surface area contributed by atoms with Crippen molar-refractivity contribution in [3.63, 3.8) is 0 Å². The van der Waals surface area contributed by atoms with Crippen molar-refractivity contribution in [2.45, 2.75) is 25.7 Å². The number of rotatable bonds is 6. The van der Waals surface area contributed by atoms with Gasteiger partial charge in [0.15, 0.2) is 0 Å². The van der Waals surface area contributed by atoms with Crippen LogP contribution in [0.1, 0.15) is 36.8 Å². The van der Waals surface area contributed by atoms with Gasteiger partial charge in [0.2, 0.25) is 0 Å². The van der Waals surface area contributed by atoms with Crippen LogP contribution in [-0.4, -0.2) is 24.4 Å². The number of hydrogen-bond donors (Lipinski definition) is 2. The van der Waals surface area contributed by atoms with Crippen molar-refractivity contribution in [1.29, 1.82) is 0 Å². The van der Waals surface area contributed by atoms with E-state index in [0.29, 0.717) is 11.5 Å². The minimum absolute atomic E-state index is 0.129. The predicted molar refractivity (Wildman–Crippen MR) is 86.1 cm³/mol. The van der Waals surface area contributed by atoms with Gasteiger partial charge in [0.25, 0.3) is 0 Å². The highest BCUT2D eigenvalue weighted by Crippen LogP contribution is 2.41.